The summed E-state index contributed by atoms with van der Waals surface area (Å²) in [6.45, 7) is 1.69. The predicted octanol–water partition coefficient (Wildman–Crippen LogP) is -0.436. The van der Waals surface area contributed by atoms with Gasteiger partial charge in [0.05, 0.1) is 0 Å². The number of nitrogens with zero attached hydrogens (tertiary/aromatic N) is 1. The van der Waals surface area contributed by atoms with Crippen LogP contribution in [0.3, 0.4) is 0 Å². The molecule has 8 heteroatoms. The molecule has 2 atom stereocenters. The molecule has 18 heavy (non-hydrogen) atoms. The maximum Gasteiger partial charge on any atom is 0.342 e. The maximum absolute atomic E-state index is 11.5. The number of rotatable bonds is 5. The van der Waals surface area contributed by atoms with Crippen LogP contribution in [0.25, 0.3) is 0 Å². The number of H-pyrrole nitrogens is 1. The monoisotopic (exact) mass is 274 g/mol. The molecule has 0 aliphatic heterocycles. The Morgan fingerprint density at radius 3 is 2.67 bits per heavy atom. The predicted molar refractivity (Wildman–Crippen MR) is 66.5 cm³/mol. The van der Waals surface area contributed by atoms with E-state index in [2.05, 4.69) is 0 Å². The molecular weight excluding hydrogens is 260 g/mol. The van der Waals surface area contributed by atoms with E-state index >= 15 is 0 Å². The lowest BCUT2D eigenvalue weighted by molar-refractivity contribution is 0.0693. The van der Waals surface area contributed by atoms with Gasteiger partial charge in [-0.15, -0.1) is 0 Å². The fourth-order valence-corrected chi connectivity index (χ4v) is 2.11. The summed E-state index contributed by atoms with van der Waals surface area (Å²) in [6, 6.07) is -0.337. The smallest absolute Gasteiger partial charge is 0.342 e. The molecule has 100 valence electrons. The summed E-state index contributed by atoms with van der Waals surface area (Å²) >= 11 is 0. The van der Waals surface area contributed by atoms with E-state index in [1.54, 1.807) is 13.2 Å². The first kappa shape index (κ1) is 14.4. The quantitative estimate of drug-likeness (QED) is 0.756. The number of carboxylic acids is 1. The first-order valence-corrected chi connectivity index (χ1v) is 6.94. The van der Waals surface area contributed by atoms with E-state index in [-0.39, 0.29) is 6.04 Å². The molecule has 1 aromatic rings. The number of carboxylic acid groups (broad SMARTS) is 1. The Hall–Kier alpha value is -1.70. The van der Waals surface area contributed by atoms with Crippen molar-refractivity contribution < 1.29 is 14.1 Å². The van der Waals surface area contributed by atoms with Gasteiger partial charge in [-0.2, -0.15) is 0 Å². The summed E-state index contributed by atoms with van der Waals surface area (Å²) in [5.74, 6) is -0.994. The minimum atomic E-state index is -1.39. The highest BCUT2D eigenvalue weighted by Crippen LogP contribution is 2.07. The lowest BCUT2D eigenvalue weighted by Crippen LogP contribution is -2.35. The van der Waals surface area contributed by atoms with Crippen molar-refractivity contribution in [1.82, 2.24) is 9.55 Å². The molecule has 1 heterocycles. The number of hydrogen-bond acceptors (Lipinski definition) is 4. The van der Waals surface area contributed by atoms with Crippen LogP contribution in [-0.4, -0.2) is 36.8 Å². The molecule has 2 unspecified atom stereocenters. The molecule has 0 amide bonds. The molecule has 1 rings (SSSR count). The number of aromatic nitrogens is 2. The number of aromatic carboxylic acids is 1. The Morgan fingerprint density at radius 1 is 1.56 bits per heavy atom. The summed E-state index contributed by atoms with van der Waals surface area (Å²) in [5.41, 5.74) is -2.08. The SMILES string of the molecule is CC(CCS(C)=O)n1cc(C(=O)O)c(=O)[nH]c1=O. The molecule has 0 fully saturated rings. The number of nitrogens with one attached hydrogen (secondary N) is 1. The van der Waals surface area contributed by atoms with Crippen LogP contribution >= 0.6 is 0 Å². The average molecular weight is 274 g/mol. The first-order chi connectivity index (χ1) is 8.32. The van der Waals surface area contributed by atoms with Crippen LogP contribution in [0.1, 0.15) is 29.7 Å². The largest absolute Gasteiger partial charge is 0.477 e. The second kappa shape index (κ2) is 5.76. The molecule has 0 aliphatic carbocycles. The second-order valence-electron chi connectivity index (χ2n) is 3.93. The Morgan fingerprint density at radius 2 is 2.17 bits per heavy atom. The molecule has 0 radical (unpaired) electrons. The Bertz CT molecular complexity index is 589. The van der Waals surface area contributed by atoms with Crippen molar-refractivity contribution in [2.24, 2.45) is 0 Å². The van der Waals surface area contributed by atoms with Crippen LogP contribution in [0, 0.1) is 0 Å². The van der Waals surface area contributed by atoms with Gasteiger partial charge < -0.3 is 5.11 Å². The van der Waals surface area contributed by atoms with E-state index in [1.165, 1.54) is 0 Å². The zero-order chi connectivity index (χ0) is 13.9. The number of hydrogen-bond donors (Lipinski definition) is 2. The normalized spacial score (nSPS) is 14.1. The van der Waals surface area contributed by atoms with Crippen molar-refractivity contribution in [2.45, 2.75) is 19.4 Å². The van der Waals surface area contributed by atoms with Gasteiger partial charge in [0.1, 0.15) is 5.56 Å². The minimum absolute atomic E-state index is 0.337. The van der Waals surface area contributed by atoms with Crippen LogP contribution in [-0.2, 0) is 10.8 Å². The Labute approximate surface area is 105 Å². The fraction of sp³-hybridized carbons (Fsp3) is 0.500. The molecule has 0 aliphatic rings. The van der Waals surface area contributed by atoms with Gasteiger partial charge in [0.25, 0.3) is 5.56 Å². The lowest BCUT2D eigenvalue weighted by Gasteiger charge is -2.14. The van der Waals surface area contributed by atoms with Gasteiger partial charge in [-0.1, -0.05) is 0 Å². The molecular formula is C10H14N2O5S. The van der Waals surface area contributed by atoms with Crippen molar-refractivity contribution in [1.29, 1.82) is 0 Å². The summed E-state index contributed by atoms with van der Waals surface area (Å²) < 4.78 is 12.1. The van der Waals surface area contributed by atoms with Crippen molar-refractivity contribution in [2.75, 3.05) is 12.0 Å². The highest BCUT2D eigenvalue weighted by atomic mass is 32.2. The van der Waals surface area contributed by atoms with E-state index in [0.717, 1.165) is 10.8 Å². The van der Waals surface area contributed by atoms with Crippen LogP contribution < -0.4 is 11.2 Å². The van der Waals surface area contributed by atoms with Gasteiger partial charge in [0.15, 0.2) is 0 Å². The van der Waals surface area contributed by atoms with E-state index in [9.17, 15) is 18.6 Å². The molecule has 7 nitrogen and oxygen atoms in total. The summed E-state index contributed by atoms with van der Waals surface area (Å²) in [5, 5.41) is 8.80. The maximum atomic E-state index is 11.5. The van der Waals surface area contributed by atoms with Gasteiger partial charge >= 0.3 is 11.7 Å². The van der Waals surface area contributed by atoms with Crippen molar-refractivity contribution in [3.8, 4) is 0 Å². The highest BCUT2D eigenvalue weighted by molar-refractivity contribution is 7.84. The third-order valence-electron chi connectivity index (χ3n) is 2.50. The summed E-state index contributed by atoms with van der Waals surface area (Å²) in [4.78, 5) is 35.5. The van der Waals surface area contributed by atoms with Crippen molar-refractivity contribution >= 4 is 16.8 Å². The zero-order valence-electron chi connectivity index (χ0n) is 10.0. The van der Waals surface area contributed by atoms with E-state index < -0.39 is 33.6 Å². The van der Waals surface area contributed by atoms with Crippen molar-refractivity contribution in [3.05, 3.63) is 32.6 Å². The lowest BCUT2D eigenvalue weighted by atomic mass is 10.2. The van der Waals surface area contributed by atoms with Crippen LogP contribution in [0.4, 0.5) is 0 Å². The van der Waals surface area contributed by atoms with Crippen LogP contribution in [0.5, 0.6) is 0 Å². The van der Waals surface area contributed by atoms with Crippen LogP contribution in [0.2, 0.25) is 0 Å². The third kappa shape index (κ3) is 3.39. The number of aromatic amines is 1. The molecule has 1 aromatic heterocycles. The van der Waals surface area contributed by atoms with Gasteiger partial charge in [-0.25, -0.2) is 9.59 Å². The average Bonchev–Trinajstić information content (AvgIpc) is 2.25. The van der Waals surface area contributed by atoms with E-state index in [0.29, 0.717) is 12.2 Å². The first-order valence-electron chi connectivity index (χ1n) is 5.21. The topological polar surface area (TPSA) is 109 Å². The van der Waals surface area contributed by atoms with Gasteiger partial charge in [-0.3, -0.25) is 18.6 Å². The van der Waals surface area contributed by atoms with Gasteiger partial charge in [0, 0.05) is 35.0 Å². The van der Waals surface area contributed by atoms with Gasteiger partial charge in [-0.05, 0) is 13.3 Å². The number of carbonyl (C=O) groups is 1. The summed E-state index contributed by atoms with van der Waals surface area (Å²) in [7, 11) is -0.989. The molecule has 0 saturated heterocycles. The molecule has 0 saturated carbocycles. The molecule has 0 aromatic carbocycles. The zero-order valence-corrected chi connectivity index (χ0v) is 10.8. The van der Waals surface area contributed by atoms with Crippen LogP contribution in [0.15, 0.2) is 15.8 Å². The van der Waals surface area contributed by atoms with E-state index in [1.807, 2.05) is 4.98 Å². The Balaban J connectivity index is 3.12. The molecule has 2 N–H and O–H groups in total. The van der Waals surface area contributed by atoms with E-state index in [4.69, 9.17) is 5.11 Å². The molecule has 0 bridgehead atoms. The van der Waals surface area contributed by atoms with Crippen molar-refractivity contribution in [3.63, 3.8) is 0 Å². The van der Waals surface area contributed by atoms with Gasteiger partial charge in [0.2, 0.25) is 0 Å². The highest BCUT2D eigenvalue weighted by Gasteiger charge is 2.14. The standard InChI is InChI=1S/C10H14N2O5S/c1-6(3-4-18(2)17)12-5-7(9(14)15)8(13)11-10(12)16/h5-6H,3-4H2,1-2H3,(H,14,15)(H,11,13,16). The summed E-state index contributed by atoms with van der Waals surface area (Å²) in [6.07, 6.45) is 3.02. The minimum Gasteiger partial charge on any atom is -0.477 e. The fourth-order valence-electron chi connectivity index (χ4n) is 1.44. The molecule has 0 spiro atoms. The Kier molecular flexibility index (Phi) is 4.60. The third-order valence-corrected chi connectivity index (χ3v) is 3.31. The second-order valence-corrected chi connectivity index (χ2v) is 5.48.